The molecule has 0 amide bonds. The van der Waals surface area contributed by atoms with Crippen LogP contribution in [0.2, 0.25) is 5.02 Å². The standard InChI is InChI=1S/C12H18ClFN2/c1-12(2,3)11(16-15)6-8-4-5-9(13)7-10(8)14/h4-5,7,11,16H,6,15H2,1-3H3. The zero-order valence-electron chi connectivity index (χ0n) is 9.85. The Morgan fingerprint density at radius 3 is 2.50 bits per heavy atom. The van der Waals surface area contributed by atoms with Gasteiger partial charge in [-0.3, -0.25) is 11.3 Å². The van der Waals surface area contributed by atoms with Gasteiger partial charge in [0, 0.05) is 11.1 Å². The largest absolute Gasteiger partial charge is 0.271 e. The Kier molecular flexibility index (Phi) is 4.30. The lowest BCUT2D eigenvalue weighted by molar-refractivity contribution is 0.267. The van der Waals surface area contributed by atoms with E-state index in [1.807, 2.05) is 0 Å². The van der Waals surface area contributed by atoms with Crippen LogP contribution in [0.3, 0.4) is 0 Å². The number of hydrazine groups is 1. The van der Waals surface area contributed by atoms with Crippen LogP contribution in [-0.2, 0) is 6.42 Å². The lowest BCUT2D eigenvalue weighted by Gasteiger charge is -2.30. The molecule has 0 saturated carbocycles. The van der Waals surface area contributed by atoms with E-state index < -0.39 is 0 Å². The molecule has 0 aliphatic heterocycles. The average Bonchev–Trinajstić information content (AvgIpc) is 2.14. The van der Waals surface area contributed by atoms with E-state index in [4.69, 9.17) is 17.4 Å². The van der Waals surface area contributed by atoms with E-state index in [0.29, 0.717) is 17.0 Å². The van der Waals surface area contributed by atoms with Crippen LogP contribution in [0, 0.1) is 11.2 Å². The second kappa shape index (κ2) is 5.13. The molecule has 0 saturated heterocycles. The number of nitrogens with two attached hydrogens (primary N) is 1. The Bertz CT molecular complexity index is 361. The van der Waals surface area contributed by atoms with Gasteiger partial charge in [0.25, 0.3) is 0 Å². The van der Waals surface area contributed by atoms with Crippen LogP contribution >= 0.6 is 11.6 Å². The maximum atomic E-state index is 13.6. The fourth-order valence-electron chi connectivity index (χ4n) is 1.52. The number of halogens is 2. The van der Waals surface area contributed by atoms with Crippen molar-refractivity contribution in [3.8, 4) is 0 Å². The average molecular weight is 245 g/mol. The van der Waals surface area contributed by atoms with Crippen LogP contribution in [0.1, 0.15) is 26.3 Å². The van der Waals surface area contributed by atoms with Gasteiger partial charge in [-0.2, -0.15) is 0 Å². The molecule has 3 N–H and O–H groups in total. The molecule has 1 aromatic rings. The summed E-state index contributed by atoms with van der Waals surface area (Å²) in [7, 11) is 0. The number of nitrogens with one attached hydrogen (secondary N) is 1. The number of rotatable bonds is 3. The summed E-state index contributed by atoms with van der Waals surface area (Å²) in [5.41, 5.74) is 3.33. The van der Waals surface area contributed by atoms with Crippen LogP contribution < -0.4 is 11.3 Å². The van der Waals surface area contributed by atoms with Crippen molar-refractivity contribution in [1.29, 1.82) is 0 Å². The molecule has 0 aliphatic carbocycles. The maximum absolute atomic E-state index is 13.6. The molecule has 1 rings (SSSR count). The zero-order valence-corrected chi connectivity index (χ0v) is 10.6. The van der Waals surface area contributed by atoms with Gasteiger partial charge in [-0.15, -0.1) is 0 Å². The zero-order chi connectivity index (χ0) is 12.3. The van der Waals surface area contributed by atoms with Gasteiger partial charge in [-0.1, -0.05) is 38.4 Å². The molecule has 0 fully saturated rings. The lowest BCUT2D eigenvalue weighted by Crippen LogP contribution is -2.45. The SMILES string of the molecule is CC(C)(C)C(Cc1ccc(Cl)cc1F)NN. The summed E-state index contributed by atoms with van der Waals surface area (Å²) in [6.45, 7) is 6.18. The van der Waals surface area contributed by atoms with Gasteiger partial charge in [-0.25, -0.2) is 4.39 Å². The minimum Gasteiger partial charge on any atom is -0.271 e. The summed E-state index contributed by atoms with van der Waals surface area (Å²) >= 11 is 5.70. The topological polar surface area (TPSA) is 38.0 Å². The Balaban J connectivity index is 2.86. The highest BCUT2D eigenvalue weighted by Crippen LogP contribution is 2.24. The monoisotopic (exact) mass is 244 g/mol. The molecule has 0 radical (unpaired) electrons. The van der Waals surface area contributed by atoms with E-state index in [1.54, 1.807) is 12.1 Å². The minimum atomic E-state index is -0.281. The first kappa shape index (κ1) is 13.4. The molecule has 90 valence electrons. The van der Waals surface area contributed by atoms with E-state index in [2.05, 4.69) is 26.2 Å². The predicted octanol–water partition coefficient (Wildman–Crippen LogP) is 2.90. The van der Waals surface area contributed by atoms with Gasteiger partial charge in [0.1, 0.15) is 5.82 Å². The molecule has 0 bridgehead atoms. The van der Waals surface area contributed by atoms with E-state index in [0.717, 1.165) is 0 Å². The van der Waals surface area contributed by atoms with Crippen molar-refractivity contribution in [3.05, 3.63) is 34.6 Å². The molecular weight excluding hydrogens is 227 g/mol. The third-order valence-electron chi connectivity index (χ3n) is 2.69. The van der Waals surface area contributed by atoms with Gasteiger partial charge in [-0.05, 0) is 29.5 Å². The predicted molar refractivity (Wildman–Crippen MR) is 65.7 cm³/mol. The fraction of sp³-hybridized carbons (Fsp3) is 0.500. The fourth-order valence-corrected chi connectivity index (χ4v) is 1.68. The maximum Gasteiger partial charge on any atom is 0.127 e. The summed E-state index contributed by atoms with van der Waals surface area (Å²) in [5.74, 6) is 5.21. The van der Waals surface area contributed by atoms with Crippen molar-refractivity contribution in [2.24, 2.45) is 11.3 Å². The summed E-state index contributed by atoms with van der Waals surface area (Å²) in [4.78, 5) is 0. The van der Waals surface area contributed by atoms with Crippen molar-refractivity contribution < 1.29 is 4.39 Å². The summed E-state index contributed by atoms with van der Waals surface area (Å²) in [6, 6.07) is 4.74. The van der Waals surface area contributed by atoms with Crippen LogP contribution in [0.5, 0.6) is 0 Å². The molecule has 2 nitrogen and oxygen atoms in total. The Morgan fingerprint density at radius 2 is 2.06 bits per heavy atom. The second-order valence-electron chi connectivity index (χ2n) is 5.03. The first-order chi connectivity index (χ1) is 7.34. The molecular formula is C12H18ClFN2. The number of hydrogen-bond acceptors (Lipinski definition) is 2. The van der Waals surface area contributed by atoms with Gasteiger partial charge < -0.3 is 0 Å². The van der Waals surface area contributed by atoms with Crippen LogP contribution in [0.4, 0.5) is 4.39 Å². The van der Waals surface area contributed by atoms with E-state index >= 15 is 0 Å². The van der Waals surface area contributed by atoms with Crippen LogP contribution in [-0.4, -0.2) is 6.04 Å². The normalized spacial score (nSPS) is 13.9. The molecule has 0 spiro atoms. The first-order valence-electron chi connectivity index (χ1n) is 5.24. The third-order valence-corrected chi connectivity index (χ3v) is 2.92. The van der Waals surface area contributed by atoms with E-state index in [-0.39, 0.29) is 17.3 Å². The quantitative estimate of drug-likeness (QED) is 0.634. The number of benzene rings is 1. The van der Waals surface area contributed by atoms with E-state index in [1.165, 1.54) is 6.07 Å². The summed E-state index contributed by atoms with van der Waals surface area (Å²) in [6.07, 6.45) is 0.545. The molecule has 0 heterocycles. The molecule has 1 atom stereocenters. The number of hydrogen-bond donors (Lipinski definition) is 2. The van der Waals surface area contributed by atoms with Crippen molar-refractivity contribution in [2.75, 3.05) is 0 Å². The Hall–Kier alpha value is -0.640. The minimum absolute atomic E-state index is 0.0168. The molecule has 4 heteroatoms. The van der Waals surface area contributed by atoms with Crippen molar-refractivity contribution in [3.63, 3.8) is 0 Å². The van der Waals surface area contributed by atoms with Gasteiger partial charge in [0.15, 0.2) is 0 Å². The van der Waals surface area contributed by atoms with Gasteiger partial charge in [0.2, 0.25) is 0 Å². The highest BCUT2D eigenvalue weighted by molar-refractivity contribution is 6.30. The lowest BCUT2D eigenvalue weighted by atomic mass is 9.83. The smallest absolute Gasteiger partial charge is 0.127 e. The highest BCUT2D eigenvalue weighted by Gasteiger charge is 2.24. The van der Waals surface area contributed by atoms with Crippen LogP contribution in [0.15, 0.2) is 18.2 Å². The highest BCUT2D eigenvalue weighted by atomic mass is 35.5. The van der Waals surface area contributed by atoms with Gasteiger partial charge in [0.05, 0.1) is 0 Å². The molecule has 1 aromatic carbocycles. The Morgan fingerprint density at radius 1 is 1.44 bits per heavy atom. The Labute approximate surface area is 101 Å². The van der Waals surface area contributed by atoms with E-state index in [9.17, 15) is 4.39 Å². The van der Waals surface area contributed by atoms with Crippen molar-refractivity contribution in [2.45, 2.75) is 33.2 Å². The molecule has 0 aliphatic rings. The third kappa shape index (κ3) is 3.44. The summed E-state index contributed by atoms with van der Waals surface area (Å²) < 4.78 is 13.6. The van der Waals surface area contributed by atoms with Crippen molar-refractivity contribution in [1.82, 2.24) is 5.43 Å². The van der Waals surface area contributed by atoms with Crippen LogP contribution in [0.25, 0.3) is 0 Å². The first-order valence-corrected chi connectivity index (χ1v) is 5.62. The van der Waals surface area contributed by atoms with Gasteiger partial charge >= 0.3 is 0 Å². The molecule has 16 heavy (non-hydrogen) atoms. The molecule has 0 aromatic heterocycles. The molecule has 1 unspecified atom stereocenters. The summed E-state index contributed by atoms with van der Waals surface area (Å²) in [5, 5.41) is 0.411. The second-order valence-corrected chi connectivity index (χ2v) is 5.46. The van der Waals surface area contributed by atoms with Crippen molar-refractivity contribution >= 4 is 11.6 Å².